The molecule has 2 N–H and O–H groups in total. The molecule has 0 spiro atoms. The summed E-state index contributed by atoms with van der Waals surface area (Å²) in [5.41, 5.74) is 2.10. The van der Waals surface area contributed by atoms with Crippen LogP contribution in [0.25, 0.3) is 0 Å². The van der Waals surface area contributed by atoms with Gasteiger partial charge in [-0.15, -0.1) is 0 Å². The second kappa shape index (κ2) is 8.36. The summed E-state index contributed by atoms with van der Waals surface area (Å²) in [4.78, 5) is 41.4. The predicted molar refractivity (Wildman–Crippen MR) is 131 cm³/mol. The van der Waals surface area contributed by atoms with E-state index in [2.05, 4.69) is 21.7 Å². The summed E-state index contributed by atoms with van der Waals surface area (Å²) >= 11 is 6.06. The lowest BCUT2D eigenvalue weighted by molar-refractivity contribution is -0.706. The Morgan fingerprint density at radius 2 is 1.94 bits per heavy atom. The van der Waals surface area contributed by atoms with Gasteiger partial charge in [0.15, 0.2) is 12.1 Å². The van der Waals surface area contributed by atoms with Crippen LogP contribution < -0.4 is 9.88 Å². The van der Waals surface area contributed by atoms with E-state index in [1.807, 2.05) is 30.3 Å². The van der Waals surface area contributed by atoms with Crippen molar-refractivity contribution < 1.29 is 24.1 Å². The Balaban J connectivity index is 1.30. The fourth-order valence-corrected chi connectivity index (χ4v) is 6.90. The molecule has 0 bridgehead atoms. The number of hydrogen-bond acceptors (Lipinski definition) is 5. The quantitative estimate of drug-likeness (QED) is 0.485. The van der Waals surface area contributed by atoms with Crippen molar-refractivity contribution in [3.05, 3.63) is 63.9 Å². The van der Waals surface area contributed by atoms with Gasteiger partial charge in [0, 0.05) is 37.1 Å². The number of hydrogen-bond donors (Lipinski definition) is 2. The smallest absolute Gasteiger partial charge is 0.261 e. The Bertz CT molecular complexity index is 1280. The molecule has 3 unspecified atom stereocenters. The predicted octanol–water partition coefficient (Wildman–Crippen LogP) is 1.89. The van der Waals surface area contributed by atoms with Crippen LogP contribution in [0.2, 0.25) is 5.02 Å². The van der Waals surface area contributed by atoms with E-state index in [1.54, 1.807) is 11.0 Å². The second-order valence-corrected chi connectivity index (χ2v) is 11.1. The van der Waals surface area contributed by atoms with Crippen LogP contribution in [0.15, 0.2) is 36.4 Å². The van der Waals surface area contributed by atoms with Gasteiger partial charge < -0.3 is 10.0 Å². The number of nitrogens with zero attached hydrogens (tertiary/aromatic N) is 3. The first kappa shape index (κ1) is 23.6. The molecule has 8 nitrogen and oxygen atoms in total. The SMILES string of the molecule is CCC12CN(Cc3ccc(Cl)cc3)CCC1(O)c1ccc3c([n+]1C2)CN(C1CCC(=O)NC1=O)C3=O. The van der Waals surface area contributed by atoms with Crippen molar-refractivity contribution >= 4 is 29.3 Å². The molecule has 3 atom stereocenters. The Kier molecular flexibility index (Phi) is 5.48. The fourth-order valence-electron chi connectivity index (χ4n) is 6.77. The van der Waals surface area contributed by atoms with Crippen molar-refractivity contribution in [1.29, 1.82) is 0 Å². The summed E-state index contributed by atoms with van der Waals surface area (Å²) < 4.78 is 2.13. The summed E-state index contributed by atoms with van der Waals surface area (Å²) in [5, 5.41) is 15.2. The molecule has 2 aromatic rings. The van der Waals surface area contributed by atoms with Gasteiger partial charge in [-0.1, -0.05) is 30.7 Å². The first-order chi connectivity index (χ1) is 17.2. The maximum atomic E-state index is 13.3. The van der Waals surface area contributed by atoms with E-state index in [0.717, 1.165) is 37.4 Å². The molecule has 6 rings (SSSR count). The second-order valence-electron chi connectivity index (χ2n) is 10.6. The molecule has 0 saturated carbocycles. The van der Waals surface area contributed by atoms with Crippen LogP contribution in [0, 0.1) is 5.41 Å². The number of amides is 3. The van der Waals surface area contributed by atoms with Gasteiger partial charge in [-0.25, -0.2) is 0 Å². The molecule has 0 aliphatic carbocycles. The van der Waals surface area contributed by atoms with Crippen LogP contribution in [-0.4, -0.2) is 51.8 Å². The molecule has 188 valence electrons. The maximum absolute atomic E-state index is 13.3. The highest BCUT2D eigenvalue weighted by Crippen LogP contribution is 2.52. The summed E-state index contributed by atoms with van der Waals surface area (Å²) in [7, 11) is 0. The Morgan fingerprint density at radius 3 is 2.67 bits per heavy atom. The number of imide groups is 1. The molecule has 9 heteroatoms. The number of aromatic nitrogens is 1. The zero-order valence-electron chi connectivity index (χ0n) is 20.3. The number of benzene rings is 1. The molecule has 3 amide bonds. The third-order valence-corrected chi connectivity index (χ3v) is 9.06. The Hall–Kier alpha value is -2.81. The van der Waals surface area contributed by atoms with E-state index in [1.165, 1.54) is 5.56 Å². The Labute approximate surface area is 214 Å². The molecule has 36 heavy (non-hydrogen) atoms. The molecule has 1 aromatic heterocycles. The van der Waals surface area contributed by atoms with Crippen LogP contribution >= 0.6 is 11.6 Å². The van der Waals surface area contributed by atoms with Crippen molar-refractivity contribution in [1.82, 2.24) is 15.1 Å². The number of pyridine rings is 1. The average molecular weight is 510 g/mol. The summed E-state index contributed by atoms with van der Waals surface area (Å²) in [6.07, 6.45) is 1.96. The number of carbonyl (C=O) groups excluding carboxylic acids is 3. The molecule has 0 radical (unpaired) electrons. The monoisotopic (exact) mass is 509 g/mol. The number of carbonyl (C=O) groups is 3. The van der Waals surface area contributed by atoms with Crippen LogP contribution in [0.5, 0.6) is 0 Å². The topological polar surface area (TPSA) is 93.8 Å². The van der Waals surface area contributed by atoms with E-state index in [-0.39, 0.29) is 23.7 Å². The van der Waals surface area contributed by atoms with Crippen molar-refractivity contribution in [2.45, 2.75) is 63.9 Å². The van der Waals surface area contributed by atoms with E-state index >= 15 is 0 Å². The highest BCUT2D eigenvalue weighted by atomic mass is 35.5. The third kappa shape index (κ3) is 3.42. The number of aliphatic hydroxyl groups is 1. The number of likely N-dealkylation sites (tertiary alicyclic amines) is 1. The first-order valence-electron chi connectivity index (χ1n) is 12.6. The molecule has 1 aromatic carbocycles. The maximum Gasteiger partial charge on any atom is 0.261 e. The van der Waals surface area contributed by atoms with Crippen molar-refractivity contribution in [2.75, 3.05) is 13.1 Å². The normalized spacial score (nSPS) is 29.7. The molecule has 2 saturated heterocycles. The van der Waals surface area contributed by atoms with Crippen LogP contribution in [-0.2, 0) is 34.8 Å². The number of piperidine rings is 2. The lowest BCUT2D eigenvalue weighted by atomic mass is 9.66. The lowest BCUT2D eigenvalue weighted by Crippen LogP contribution is -2.56. The minimum atomic E-state index is -0.988. The van der Waals surface area contributed by atoms with Gasteiger partial charge >= 0.3 is 0 Å². The largest absolute Gasteiger partial charge is 0.378 e. The van der Waals surface area contributed by atoms with Gasteiger partial charge in [-0.2, -0.15) is 4.57 Å². The molecular formula is C27H30ClN4O4+. The highest BCUT2D eigenvalue weighted by Gasteiger charge is 2.65. The molecule has 4 aliphatic rings. The molecule has 5 heterocycles. The van der Waals surface area contributed by atoms with Crippen molar-refractivity contribution in [2.24, 2.45) is 5.41 Å². The van der Waals surface area contributed by atoms with Crippen LogP contribution in [0.1, 0.15) is 59.9 Å². The summed E-state index contributed by atoms with van der Waals surface area (Å²) in [6.45, 7) is 5.34. The molecular weight excluding hydrogens is 480 g/mol. The minimum absolute atomic E-state index is 0.188. The highest BCUT2D eigenvalue weighted by molar-refractivity contribution is 6.30. The van der Waals surface area contributed by atoms with Crippen LogP contribution in [0.4, 0.5) is 0 Å². The first-order valence-corrected chi connectivity index (χ1v) is 13.0. The van der Waals surface area contributed by atoms with Gasteiger partial charge in [0.2, 0.25) is 23.2 Å². The summed E-state index contributed by atoms with van der Waals surface area (Å²) in [5.74, 6) is -0.897. The number of fused-ring (bicyclic) bond motifs is 5. The van der Waals surface area contributed by atoms with E-state index in [0.29, 0.717) is 36.5 Å². The van der Waals surface area contributed by atoms with Crippen LogP contribution in [0.3, 0.4) is 0 Å². The van der Waals surface area contributed by atoms with E-state index in [4.69, 9.17) is 11.6 Å². The minimum Gasteiger partial charge on any atom is -0.378 e. The van der Waals surface area contributed by atoms with E-state index in [9.17, 15) is 19.5 Å². The molecule has 2 fully saturated rings. The standard InChI is InChI=1S/C27H29ClN4O4/c1-2-26-15-30(13-17-3-5-18(28)6-4-17)12-11-27(26,36)22-9-7-19-21(32(22)16-26)14-31(25(19)35)20-8-10-23(33)29-24(20)34/h3-7,9,20,36H,2,8,10-16H2,1H3/p+1. The zero-order valence-corrected chi connectivity index (χ0v) is 21.1. The number of nitrogens with one attached hydrogen (secondary N) is 1. The third-order valence-electron chi connectivity index (χ3n) is 8.81. The van der Waals surface area contributed by atoms with Gasteiger partial charge in [0.1, 0.15) is 18.2 Å². The Morgan fingerprint density at radius 1 is 1.17 bits per heavy atom. The van der Waals surface area contributed by atoms with Gasteiger partial charge in [-0.05, 0) is 43.0 Å². The lowest BCUT2D eigenvalue weighted by Gasteiger charge is -2.46. The summed E-state index contributed by atoms with van der Waals surface area (Å²) in [6, 6.07) is 11.0. The van der Waals surface area contributed by atoms with Gasteiger partial charge in [0.05, 0.1) is 5.41 Å². The van der Waals surface area contributed by atoms with Gasteiger partial charge in [-0.3, -0.25) is 24.6 Å². The molecule has 4 aliphatic heterocycles. The fraction of sp³-hybridized carbons (Fsp3) is 0.481. The number of halogens is 1. The zero-order chi connectivity index (χ0) is 25.2. The van der Waals surface area contributed by atoms with E-state index < -0.39 is 17.6 Å². The van der Waals surface area contributed by atoms with Crippen molar-refractivity contribution in [3.8, 4) is 0 Å². The van der Waals surface area contributed by atoms with Crippen molar-refractivity contribution in [3.63, 3.8) is 0 Å². The van der Waals surface area contributed by atoms with Gasteiger partial charge in [0.25, 0.3) is 5.91 Å². The average Bonchev–Trinajstić information content (AvgIpc) is 3.33. The number of rotatable bonds is 4.